The summed E-state index contributed by atoms with van der Waals surface area (Å²) in [4.78, 5) is 13.0. The van der Waals surface area contributed by atoms with E-state index >= 15 is 0 Å². The summed E-state index contributed by atoms with van der Waals surface area (Å²) in [6.45, 7) is 0.184. The van der Waals surface area contributed by atoms with E-state index in [9.17, 15) is 15.0 Å². The van der Waals surface area contributed by atoms with Gasteiger partial charge in [0, 0.05) is 6.08 Å². The standard InChI is InChI=1S/C36H64O4/c1-30(29-34(37)40-35(38)39)36(31-23-17-11-5-2-6-12-18-24-31,32-25-19-13-7-3-8-14-20-26-32)33-27-21-15-9-4-10-16-22-28-33/h29,31-33,35,38-39H,2-28H2,1H3. The highest BCUT2D eigenvalue weighted by Gasteiger charge is 2.50. The van der Waals surface area contributed by atoms with Crippen LogP contribution >= 0.6 is 0 Å². The maximum atomic E-state index is 13.0. The Hall–Kier alpha value is -0.870. The Kier molecular flexibility index (Phi) is 16.3. The highest BCUT2D eigenvalue weighted by molar-refractivity contribution is 5.83. The second-order valence-corrected chi connectivity index (χ2v) is 13.8. The molecule has 4 nitrogen and oxygen atoms in total. The summed E-state index contributed by atoms with van der Waals surface area (Å²) in [6.07, 6.45) is 37.5. The normalized spacial score (nSPS) is 24.4. The predicted octanol–water partition coefficient (Wildman–Crippen LogP) is 10.2. The van der Waals surface area contributed by atoms with E-state index in [2.05, 4.69) is 6.92 Å². The molecule has 0 radical (unpaired) electrons. The zero-order chi connectivity index (χ0) is 28.5. The molecule has 0 atom stereocenters. The predicted molar refractivity (Wildman–Crippen MR) is 166 cm³/mol. The van der Waals surface area contributed by atoms with E-state index in [0.717, 1.165) is 0 Å². The van der Waals surface area contributed by atoms with Gasteiger partial charge in [-0.15, -0.1) is 0 Å². The van der Waals surface area contributed by atoms with Gasteiger partial charge in [-0.05, 0) is 68.6 Å². The fraction of sp³-hybridized carbons (Fsp3) is 0.917. The second kappa shape index (κ2) is 19.3. The van der Waals surface area contributed by atoms with E-state index in [1.165, 1.54) is 179 Å². The van der Waals surface area contributed by atoms with E-state index in [1.807, 2.05) is 0 Å². The van der Waals surface area contributed by atoms with Crippen LogP contribution in [0, 0.1) is 23.2 Å². The summed E-state index contributed by atoms with van der Waals surface area (Å²) in [7, 11) is 0. The third-order valence-electron chi connectivity index (χ3n) is 11.1. The third kappa shape index (κ3) is 10.8. The van der Waals surface area contributed by atoms with Gasteiger partial charge in [-0.1, -0.05) is 140 Å². The number of ether oxygens (including phenoxy) is 1. The van der Waals surface area contributed by atoms with Crippen molar-refractivity contribution in [1.82, 2.24) is 0 Å². The smallest absolute Gasteiger partial charge is 0.334 e. The van der Waals surface area contributed by atoms with Crippen LogP contribution in [0.1, 0.15) is 180 Å². The molecule has 232 valence electrons. The van der Waals surface area contributed by atoms with Crippen LogP contribution in [0.15, 0.2) is 11.6 Å². The molecule has 0 saturated heterocycles. The summed E-state index contributed by atoms with van der Waals surface area (Å²) in [5, 5.41) is 18.9. The Balaban J connectivity index is 2.12. The maximum absolute atomic E-state index is 13.0. The summed E-state index contributed by atoms with van der Waals surface area (Å²) in [6, 6.07) is 0. The SMILES string of the molecule is CC(=CC(=O)OC(O)O)C(C1CCCCCCCCC1)(C1CCCCCCCCC1)C1CCCCCCCCC1. The van der Waals surface area contributed by atoms with Crippen molar-refractivity contribution in [3.63, 3.8) is 0 Å². The van der Waals surface area contributed by atoms with Gasteiger partial charge in [0.1, 0.15) is 0 Å². The molecule has 3 fully saturated rings. The molecular weight excluding hydrogens is 496 g/mol. The fourth-order valence-electron chi connectivity index (χ4n) is 9.27. The van der Waals surface area contributed by atoms with E-state index in [-0.39, 0.29) is 5.41 Å². The molecule has 3 aliphatic carbocycles. The molecule has 0 aliphatic heterocycles. The van der Waals surface area contributed by atoms with Gasteiger partial charge in [-0.25, -0.2) is 4.79 Å². The number of carbonyl (C=O) groups is 1. The van der Waals surface area contributed by atoms with Gasteiger partial charge in [0.2, 0.25) is 0 Å². The number of carbonyl (C=O) groups excluding carboxylic acids is 1. The van der Waals surface area contributed by atoms with Gasteiger partial charge in [-0.3, -0.25) is 0 Å². The zero-order valence-corrected chi connectivity index (χ0v) is 26.2. The van der Waals surface area contributed by atoms with Crippen molar-refractivity contribution < 1.29 is 19.7 Å². The minimum atomic E-state index is -2.05. The monoisotopic (exact) mass is 560 g/mol. The molecule has 3 aliphatic rings. The Morgan fingerprint density at radius 3 is 1.05 bits per heavy atom. The minimum Gasteiger partial charge on any atom is -0.407 e. The average Bonchev–Trinajstić information content (AvgIpc) is 2.94. The molecule has 0 aromatic carbocycles. The number of rotatable bonds is 6. The van der Waals surface area contributed by atoms with E-state index in [4.69, 9.17) is 4.74 Å². The summed E-state index contributed by atoms with van der Waals surface area (Å²) in [5.41, 5.74) is 1.20. The van der Waals surface area contributed by atoms with Crippen molar-refractivity contribution in [2.75, 3.05) is 0 Å². The molecule has 40 heavy (non-hydrogen) atoms. The minimum absolute atomic E-state index is 0.00296. The summed E-state index contributed by atoms with van der Waals surface area (Å²) in [5.74, 6) is 1.19. The first-order valence-electron chi connectivity index (χ1n) is 17.8. The lowest BCUT2D eigenvalue weighted by Crippen LogP contribution is -2.46. The molecule has 3 saturated carbocycles. The van der Waals surface area contributed by atoms with Crippen LogP contribution in [-0.2, 0) is 9.53 Å². The number of esters is 1. The first-order valence-corrected chi connectivity index (χ1v) is 17.8. The van der Waals surface area contributed by atoms with Gasteiger partial charge in [-0.2, -0.15) is 0 Å². The van der Waals surface area contributed by atoms with Gasteiger partial charge < -0.3 is 14.9 Å². The third-order valence-corrected chi connectivity index (χ3v) is 11.1. The van der Waals surface area contributed by atoms with E-state index in [1.54, 1.807) is 6.08 Å². The Morgan fingerprint density at radius 2 is 0.800 bits per heavy atom. The van der Waals surface area contributed by atoms with Gasteiger partial charge in [0.25, 0.3) is 0 Å². The van der Waals surface area contributed by atoms with Crippen LogP contribution in [-0.4, -0.2) is 22.7 Å². The van der Waals surface area contributed by atoms with Gasteiger partial charge >= 0.3 is 12.4 Å². The molecule has 0 heterocycles. The Bertz CT molecular complexity index is 619. The van der Waals surface area contributed by atoms with Crippen LogP contribution in [0.3, 0.4) is 0 Å². The van der Waals surface area contributed by atoms with Gasteiger partial charge in [0.05, 0.1) is 0 Å². The first kappa shape index (κ1) is 33.6. The molecule has 0 aromatic rings. The molecule has 2 N–H and O–H groups in total. The first-order chi connectivity index (χ1) is 19.5. The van der Waals surface area contributed by atoms with Crippen molar-refractivity contribution in [3.05, 3.63) is 11.6 Å². The Morgan fingerprint density at radius 1 is 0.550 bits per heavy atom. The van der Waals surface area contributed by atoms with E-state index < -0.39 is 12.4 Å². The van der Waals surface area contributed by atoms with Crippen molar-refractivity contribution in [2.24, 2.45) is 23.2 Å². The van der Waals surface area contributed by atoms with Crippen LogP contribution in [0.4, 0.5) is 0 Å². The van der Waals surface area contributed by atoms with Crippen molar-refractivity contribution in [1.29, 1.82) is 0 Å². The maximum Gasteiger partial charge on any atom is 0.334 e. The molecule has 0 unspecified atom stereocenters. The summed E-state index contributed by atoms with van der Waals surface area (Å²) < 4.78 is 4.92. The highest BCUT2D eigenvalue weighted by atomic mass is 16.7. The van der Waals surface area contributed by atoms with E-state index in [0.29, 0.717) is 17.8 Å². The quantitative estimate of drug-likeness (QED) is 0.193. The van der Waals surface area contributed by atoms with Crippen LogP contribution < -0.4 is 0 Å². The molecule has 0 spiro atoms. The molecule has 0 aromatic heterocycles. The molecular formula is C36H64O4. The number of hydrogen-bond donors (Lipinski definition) is 2. The fourth-order valence-corrected chi connectivity index (χ4v) is 9.27. The molecule has 0 amide bonds. The topological polar surface area (TPSA) is 66.8 Å². The highest BCUT2D eigenvalue weighted by Crippen LogP contribution is 2.58. The van der Waals surface area contributed by atoms with Crippen molar-refractivity contribution in [3.8, 4) is 0 Å². The Labute approximate surface area is 247 Å². The summed E-state index contributed by atoms with van der Waals surface area (Å²) >= 11 is 0. The van der Waals surface area contributed by atoms with Crippen LogP contribution in [0.2, 0.25) is 0 Å². The molecule has 3 rings (SSSR count). The number of allylic oxidation sites excluding steroid dienone is 1. The second-order valence-electron chi connectivity index (χ2n) is 13.8. The van der Waals surface area contributed by atoms with Crippen LogP contribution in [0.25, 0.3) is 0 Å². The number of aliphatic hydroxyl groups is 2. The number of aliphatic hydroxyl groups excluding tert-OH is 1. The van der Waals surface area contributed by atoms with Crippen LogP contribution in [0.5, 0.6) is 0 Å². The molecule has 4 heteroatoms. The van der Waals surface area contributed by atoms with Gasteiger partial charge in [0.15, 0.2) is 0 Å². The van der Waals surface area contributed by atoms with Crippen molar-refractivity contribution in [2.45, 2.75) is 187 Å². The van der Waals surface area contributed by atoms with Crippen molar-refractivity contribution >= 4 is 5.97 Å². The lowest BCUT2D eigenvalue weighted by molar-refractivity contribution is -0.225. The largest absolute Gasteiger partial charge is 0.407 e. The average molecular weight is 561 g/mol. The molecule has 0 bridgehead atoms. The lowest BCUT2D eigenvalue weighted by atomic mass is 9.50. The zero-order valence-electron chi connectivity index (χ0n) is 26.2. The lowest BCUT2D eigenvalue weighted by Gasteiger charge is -2.54. The number of hydrogen-bond acceptors (Lipinski definition) is 4.